The van der Waals surface area contributed by atoms with Crippen LogP contribution in [0.3, 0.4) is 0 Å². The molecule has 4 nitrogen and oxygen atoms in total. The van der Waals surface area contributed by atoms with E-state index in [2.05, 4.69) is 4.98 Å². The highest BCUT2D eigenvalue weighted by Crippen LogP contribution is 2.32. The second-order valence-corrected chi connectivity index (χ2v) is 5.49. The molecule has 0 bridgehead atoms. The van der Waals surface area contributed by atoms with Crippen molar-refractivity contribution < 1.29 is 14.3 Å². The van der Waals surface area contributed by atoms with Gasteiger partial charge in [0.25, 0.3) is 0 Å². The zero-order chi connectivity index (χ0) is 15.0. The van der Waals surface area contributed by atoms with Crippen LogP contribution < -0.4 is 0 Å². The summed E-state index contributed by atoms with van der Waals surface area (Å²) in [6.45, 7) is 4.01. The Balaban J connectivity index is 2.04. The second kappa shape index (κ2) is 4.74. The Morgan fingerprint density at radius 3 is 2.38 bits per heavy atom. The van der Waals surface area contributed by atoms with Gasteiger partial charge in [-0.2, -0.15) is 0 Å². The number of oxazole rings is 1. The predicted molar refractivity (Wildman–Crippen MR) is 79.5 cm³/mol. The molecule has 0 amide bonds. The first-order chi connectivity index (χ1) is 9.98. The molecule has 3 aromatic rings. The van der Waals surface area contributed by atoms with E-state index in [1.807, 2.05) is 38.1 Å². The molecule has 0 unspecified atom stereocenters. The molecule has 0 saturated heterocycles. The van der Waals surface area contributed by atoms with Crippen LogP contribution in [0, 0.1) is 0 Å². The van der Waals surface area contributed by atoms with Crippen molar-refractivity contribution in [1.82, 2.24) is 4.98 Å². The molecule has 0 radical (unpaired) electrons. The van der Waals surface area contributed by atoms with E-state index in [1.54, 1.807) is 24.3 Å². The molecular formula is C17H15NO3. The Morgan fingerprint density at radius 1 is 1.10 bits per heavy atom. The normalized spacial score (nSPS) is 11.7. The number of hydrogen-bond donors (Lipinski definition) is 1. The Morgan fingerprint density at radius 2 is 1.76 bits per heavy atom. The molecule has 1 N–H and O–H groups in total. The quantitative estimate of drug-likeness (QED) is 0.792. The minimum absolute atomic E-state index is 0.270. The zero-order valence-electron chi connectivity index (χ0n) is 11.8. The largest absolute Gasteiger partial charge is 0.478 e. The summed E-state index contributed by atoms with van der Waals surface area (Å²) in [7, 11) is 0. The summed E-state index contributed by atoms with van der Waals surface area (Å²) in [5.41, 5.74) is 2.37. The molecule has 0 atom stereocenters. The maximum atomic E-state index is 10.9. The van der Waals surface area contributed by atoms with Crippen molar-refractivity contribution in [2.75, 3.05) is 0 Å². The zero-order valence-corrected chi connectivity index (χ0v) is 11.8. The molecule has 0 fully saturated rings. The molecule has 0 aliphatic rings. The van der Waals surface area contributed by atoms with Crippen LogP contribution >= 0.6 is 0 Å². The highest BCUT2D eigenvalue weighted by Gasteiger charge is 2.29. The van der Waals surface area contributed by atoms with E-state index in [0.717, 1.165) is 16.7 Å². The van der Waals surface area contributed by atoms with Crippen LogP contribution in [0.25, 0.3) is 11.1 Å². The topological polar surface area (TPSA) is 63.3 Å². The van der Waals surface area contributed by atoms with Crippen LogP contribution in [0.5, 0.6) is 0 Å². The highest BCUT2D eigenvalue weighted by atomic mass is 16.4. The molecule has 0 spiro atoms. The van der Waals surface area contributed by atoms with Crippen molar-refractivity contribution in [2.24, 2.45) is 0 Å². The third-order valence-electron chi connectivity index (χ3n) is 3.68. The lowest BCUT2D eigenvalue weighted by molar-refractivity contribution is 0.0697. The molecule has 0 saturated carbocycles. The third kappa shape index (κ3) is 2.29. The number of carboxylic acids is 1. The van der Waals surface area contributed by atoms with Crippen LogP contribution in [0.2, 0.25) is 0 Å². The van der Waals surface area contributed by atoms with E-state index >= 15 is 0 Å². The van der Waals surface area contributed by atoms with Gasteiger partial charge in [-0.3, -0.25) is 0 Å². The van der Waals surface area contributed by atoms with Gasteiger partial charge < -0.3 is 9.52 Å². The van der Waals surface area contributed by atoms with Crippen molar-refractivity contribution in [2.45, 2.75) is 19.3 Å². The summed E-state index contributed by atoms with van der Waals surface area (Å²) in [5, 5.41) is 8.96. The van der Waals surface area contributed by atoms with Gasteiger partial charge in [0.2, 0.25) is 5.89 Å². The Bertz CT molecular complexity index is 767. The van der Waals surface area contributed by atoms with Crippen molar-refractivity contribution in [1.29, 1.82) is 0 Å². The molecule has 4 heteroatoms. The highest BCUT2D eigenvalue weighted by molar-refractivity contribution is 5.87. The number of carbonyl (C=O) groups is 1. The Labute approximate surface area is 122 Å². The molecule has 0 aliphatic carbocycles. The number of nitrogens with zero attached hydrogens (tertiary/aromatic N) is 1. The van der Waals surface area contributed by atoms with Crippen LogP contribution in [0.1, 0.15) is 35.7 Å². The number of carboxylic acid groups (broad SMARTS) is 1. The average Bonchev–Trinajstić information content (AvgIpc) is 2.92. The molecule has 2 aromatic carbocycles. The molecule has 1 heterocycles. The number of rotatable bonds is 3. The lowest BCUT2D eigenvalue weighted by Crippen LogP contribution is -2.19. The Kier molecular flexibility index (Phi) is 3.01. The maximum Gasteiger partial charge on any atom is 0.335 e. The fraction of sp³-hybridized carbons (Fsp3) is 0.176. The van der Waals surface area contributed by atoms with Crippen LogP contribution in [0.4, 0.5) is 0 Å². The first kappa shape index (κ1) is 13.4. The molecule has 1 aromatic heterocycles. The molecular weight excluding hydrogens is 266 g/mol. The molecule has 0 aliphatic heterocycles. The Hall–Kier alpha value is -2.62. The smallest absolute Gasteiger partial charge is 0.335 e. The standard InChI is InChI=1S/C17H15NO3/c1-17(2,12-9-7-11(8-10-12)15(19)20)16-18-13-5-3-4-6-14(13)21-16/h3-10H,1-2H3,(H,19,20). The number of fused-ring (bicyclic) bond motifs is 1. The SMILES string of the molecule is CC(C)(c1ccc(C(=O)O)cc1)c1nc2ccccc2o1. The van der Waals surface area contributed by atoms with Gasteiger partial charge in [0.15, 0.2) is 5.58 Å². The summed E-state index contributed by atoms with van der Waals surface area (Å²) in [5.74, 6) is -0.312. The van der Waals surface area contributed by atoms with Gasteiger partial charge in [-0.15, -0.1) is 0 Å². The summed E-state index contributed by atoms with van der Waals surface area (Å²) in [6.07, 6.45) is 0. The van der Waals surface area contributed by atoms with Crippen LogP contribution in [0.15, 0.2) is 52.9 Å². The van der Waals surface area contributed by atoms with E-state index in [0.29, 0.717) is 5.89 Å². The lowest BCUT2D eigenvalue weighted by atomic mass is 9.84. The van der Waals surface area contributed by atoms with Crippen LogP contribution in [-0.2, 0) is 5.41 Å². The van der Waals surface area contributed by atoms with E-state index in [1.165, 1.54) is 0 Å². The number of benzene rings is 2. The minimum atomic E-state index is -0.929. The summed E-state index contributed by atoms with van der Waals surface area (Å²) >= 11 is 0. The lowest BCUT2D eigenvalue weighted by Gasteiger charge is -2.21. The first-order valence-electron chi connectivity index (χ1n) is 6.68. The van der Waals surface area contributed by atoms with Gasteiger partial charge in [0, 0.05) is 0 Å². The molecule has 3 rings (SSSR count). The second-order valence-electron chi connectivity index (χ2n) is 5.49. The van der Waals surface area contributed by atoms with Gasteiger partial charge in [0.1, 0.15) is 5.52 Å². The summed E-state index contributed by atoms with van der Waals surface area (Å²) in [4.78, 5) is 15.5. The van der Waals surface area contributed by atoms with Crippen molar-refractivity contribution in [3.8, 4) is 0 Å². The fourth-order valence-electron chi connectivity index (χ4n) is 2.29. The first-order valence-corrected chi connectivity index (χ1v) is 6.68. The van der Waals surface area contributed by atoms with Crippen molar-refractivity contribution in [3.63, 3.8) is 0 Å². The number of aromatic carboxylic acids is 1. The number of para-hydroxylation sites is 2. The minimum Gasteiger partial charge on any atom is -0.478 e. The van der Waals surface area contributed by atoms with E-state index in [4.69, 9.17) is 9.52 Å². The van der Waals surface area contributed by atoms with Gasteiger partial charge in [-0.1, -0.05) is 24.3 Å². The van der Waals surface area contributed by atoms with Gasteiger partial charge in [-0.05, 0) is 43.7 Å². The number of hydrogen-bond acceptors (Lipinski definition) is 3. The number of aromatic nitrogens is 1. The third-order valence-corrected chi connectivity index (χ3v) is 3.68. The van der Waals surface area contributed by atoms with Gasteiger partial charge in [-0.25, -0.2) is 9.78 Å². The molecule has 106 valence electrons. The van der Waals surface area contributed by atoms with Crippen molar-refractivity contribution in [3.05, 3.63) is 65.5 Å². The average molecular weight is 281 g/mol. The maximum absolute atomic E-state index is 10.9. The van der Waals surface area contributed by atoms with Gasteiger partial charge in [0.05, 0.1) is 11.0 Å². The van der Waals surface area contributed by atoms with E-state index < -0.39 is 11.4 Å². The fourth-order valence-corrected chi connectivity index (χ4v) is 2.29. The summed E-state index contributed by atoms with van der Waals surface area (Å²) in [6, 6.07) is 14.4. The van der Waals surface area contributed by atoms with E-state index in [-0.39, 0.29) is 5.56 Å². The predicted octanol–water partition coefficient (Wildman–Crippen LogP) is 3.85. The van der Waals surface area contributed by atoms with Crippen LogP contribution in [-0.4, -0.2) is 16.1 Å². The monoisotopic (exact) mass is 281 g/mol. The molecule has 21 heavy (non-hydrogen) atoms. The van der Waals surface area contributed by atoms with E-state index in [9.17, 15) is 4.79 Å². The van der Waals surface area contributed by atoms with Crippen molar-refractivity contribution >= 4 is 17.1 Å². The summed E-state index contributed by atoms with van der Waals surface area (Å²) < 4.78 is 5.84. The van der Waals surface area contributed by atoms with Gasteiger partial charge >= 0.3 is 5.97 Å².